The second kappa shape index (κ2) is 5.04. The summed E-state index contributed by atoms with van der Waals surface area (Å²) in [6.07, 6.45) is 4.40. The molecule has 1 saturated heterocycles. The molecule has 1 aromatic carbocycles. The molecule has 6 rings (SSSR count). The maximum absolute atomic E-state index is 6.53. The minimum Gasteiger partial charge on any atom is -0.448 e. The molecule has 3 saturated carbocycles. The predicted octanol–water partition coefficient (Wildman–Crippen LogP) is 4.50. The molecule has 4 fully saturated rings. The van der Waals surface area contributed by atoms with Crippen molar-refractivity contribution in [2.75, 3.05) is 5.32 Å². The molecule has 4 aliphatic rings. The zero-order chi connectivity index (χ0) is 17.4. The fraction of sp³-hybridized carbons (Fsp3) is 0.600. The molecule has 5 atom stereocenters. The van der Waals surface area contributed by atoms with Crippen molar-refractivity contribution >= 4 is 23.8 Å². The molecular formula is C20H26BNO3. The number of fused-ring (bicyclic) bond motifs is 1. The van der Waals surface area contributed by atoms with Crippen LogP contribution in [0.1, 0.15) is 40.5 Å². The predicted molar refractivity (Wildman–Crippen MR) is 99.4 cm³/mol. The summed E-state index contributed by atoms with van der Waals surface area (Å²) in [7, 11) is -0.242. The highest BCUT2D eigenvalue weighted by molar-refractivity contribution is 6.48. The second-order valence-electron chi connectivity index (χ2n) is 8.92. The summed E-state index contributed by atoms with van der Waals surface area (Å²) >= 11 is 0. The molecule has 132 valence electrons. The number of hydrogen-bond acceptors (Lipinski definition) is 4. The third-order valence-electron chi connectivity index (χ3n) is 7.24. The Hall–Kier alpha value is -1.46. The SMILES string of the molecule is C[C@H](Nc1occ2ccccc12)B1O[C@@H]2C[C@@H]3C[C@@H](C3(C)C)[C@]2(C)O1. The van der Waals surface area contributed by atoms with Crippen LogP contribution in [0, 0.1) is 17.3 Å². The van der Waals surface area contributed by atoms with Crippen LogP contribution in [0.2, 0.25) is 0 Å². The molecule has 1 aliphatic heterocycles. The van der Waals surface area contributed by atoms with Crippen LogP contribution >= 0.6 is 0 Å². The lowest BCUT2D eigenvalue weighted by molar-refractivity contribution is -0.199. The highest BCUT2D eigenvalue weighted by Crippen LogP contribution is 2.65. The summed E-state index contributed by atoms with van der Waals surface area (Å²) in [6.45, 7) is 9.15. The number of anilines is 1. The number of rotatable bonds is 3. The van der Waals surface area contributed by atoms with E-state index in [1.165, 1.54) is 6.42 Å². The third-order valence-corrected chi connectivity index (χ3v) is 7.24. The molecule has 0 spiro atoms. The third kappa shape index (κ3) is 2.09. The van der Waals surface area contributed by atoms with E-state index in [0.29, 0.717) is 11.3 Å². The zero-order valence-electron chi connectivity index (χ0n) is 15.4. The Bertz CT molecular complexity index is 818. The Kier molecular flexibility index (Phi) is 3.18. The summed E-state index contributed by atoms with van der Waals surface area (Å²) in [6, 6.07) is 8.18. The Morgan fingerprint density at radius 1 is 1.20 bits per heavy atom. The lowest BCUT2D eigenvalue weighted by Gasteiger charge is -2.64. The van der Waals surface area contributed by atoms with E-state index in [4.69, 9.17) is 13.7 Å². The van der Waals surface area contributed by atoms with Crippen molar-refractivity contribution in [3.63, 3.8) is 0 Å². The largest absolute Gasteiger partial charge is 0.481 e. The van der Waals surface area contributed by atoms with Gasteiger partial charge in [-0.15, -0.1) is 0 Å². The van der Waals surface area contributed by atoms with Crippen LogP contribution in [-0.2, 0) is 9.31 Å². The number of hydrogen-bond donors (Lipinski definition) is 1. The van der Waals surface area contributed by atoms with Gasteiger partial charge in [0.2, 0.25) is 0 Å². The van der Waals surface area contributed by atoms with E-state index in [1.54, 1.807) is 6.26 Å². The van der Waals surface area contributed by atoms with Crippen LogP contribution in [0.5, 0.6) is 0 Å². The molecule has 25 heavy (non-hydrogen) atoms. The summed E-state index contributed by atoms with van der Waals surface area (Å²) < 4.78 is 18.6. The molecule has 2 bridgehead atoms. The molecule has 0 radical (unpaired) electrons. The van der Waals surface area contributed by atoms with E-state index in [-0.39, 0.29) is 24.8 Å². The number of furan rings is 1. The first-order chi connectivity index (χ1) is 11.9. The molecule has 1 N–H and O–H groups in total. The normalized spacial score (nSPS) is 36.8. The minimum absolute atomic E-state index is 0.0253. The van der Waals surface area contributed by atoms with Crippen molar-refractivity contribution in [2.24, 2.45) is 17.3 Å². The monoisotopic (exact) mass is 339 g/mol. The van der Waals surface area contributed by atoms with E-state index >= 15 is 0 Å². The molecule has 0 amide bonds. The van der Waals surface area contributed by atoms with Crippen LogP contribution in [-0.4, -0.2) is 24.8 Å². The van der Waals surface area contributed by atoms with Gasteiger partial charge in [0.1, 0.15) is 6.26 Å². The van der Waals surface area contributed by atoms with E-state index in [1.807, 2.05) is 12.1 Å². The van der Waals surface area contributed by atoms with Gasteiger partial charge < -0.3 is 19.0 Å². The summed E-state index contributed by atoms with van der Waals surface area (Å²) in [5.74, 6) is 2.18. The van der Waals surface area contributed by atoms with Crippen molar-refractivity contribution in [1.82, 2.24) is 0 Å². The van der Waals surface area contributed by atoms with Gasteiger partial charge >= 0.3 is 7.12 Å². The van der Waals surface area contributed by atoms with Crippen molar-refractivity contribution in [2.45, 2.75) is 58.2 Å². The molecule has 2 aromatic rings. The van der Waals surface area contributed by atoms with E-state index in [2.05, 4.69) is 45.1 Å². The van der Waals surface area contributed by atoms with E-state index < -0.39 is 0 Å². The Morgan fingerprint density at radius 2 is 2.00 bits per heavy atom. The van der Waals surface area contributed by atoms with E-state index in [9.17, 15) is 0 Å². The fourth-order valence-corrected chi connectivity index (χ4v) is 5.49. The molecule has 3 aliphatic carbocycles. The standard InChI is InChI=1S/C20H26BNO3/c1-12(22-18-15-8-6-5-7-13(15)11-23-18)21-24-17-10-14-9-16(19(14,2)3)20(17,4)25-21/h5-8,11-12,14,16-17,22H,9-10H2,1-4H3/t12-,14-,16-,17+,20-/m0/s1. The number of benzene rings is 1. The maximum Gasteiger partial charge on any atom is 0.481 e. The minimum atomic E-state index is -0.242. The highest BCUT2D eigenvalue weighted by Gasteiger charge is 2.68. The van der Waals surface area contributed by atoms with Crippen LogP contribution < -0.4 is 5.32 Å². The van der Waals surface area contributed by atoms with E-state index in [0.717, 1.165) is 29.0 Å². The van der Waals surface area contributed by atoms with Crippen molar-refractivity contribution in [1.29, 1.82) is 0 Å². The maximum atomic E-state index is 6.53. The number of nitrogens with one attached hydrogen (secondary N) is 1. The van der Waals surface area contributed by atoms with Crippen LogP contribution in [0.25, 0.3) is 10.8 Å². The fourth-order valence-electron chi connectivity index (χ4n) is 5.49. The topological polar surface area (TPSA) is 43.6 Å². The first kappa shape index (κ1) is 15.8. The van der Waals surface area contributed by atoms with Crippen LogP contribution in [0.3, 0.4) is 0 Å². The van der Waals surface area contributed by atoms with Crippen molar-refractivity contribution < 1.29 is 13.7 Å². The quantitative estimate of drug-likeness (QED) is 0.836. The molecule has 2 heterocycles. The molecule has 4 nitrogen and oxygen atoms in total. The van der Waals surface area contributed by atoms with Crippen molar-refractivity contribution in [3.05, 3.63) is 30.5 Å². The first-order valence-corrected chi connectivity index (χ1v) is 9.45. The molecule has 1 aromatic heterocycles. The highest BCUT2D eigenvalue weighted by atomic mass is 16.7. The Morgan fingerprint density at radius 3 is 2.80 bits per heavy atom. The average molecular weight is 339 g/mol. The van der Waals surface area contributed by atoms with Crippen LogP contribution in [0.15, 0.2) is 34.9 Å². The van der Waals surface area contributed by atoms with Gasteiger partial charge in [0.15, 0.2) is 5.88 Å². The molecule has 5 heteroatoms. The summed E-state index contributed by atoms with van der Waals surface area (Å²) in [5.41, 5.74) is 0.210. The second-order valence-corrected chi connectivity index (χ2v) is 8.92. The smallest absolute Gasteiger partial charge is 0.448 e. The van der Waals surface area contributed by atoms with Gasteiger partial charge in [-0.3, -0.25) is 0 Å². The van der Waals surface area contributed by atoms with Gasteiger partial charge in [0.25, 0.3) is 0 Å². The molecule has 0 unspecified atom stereocenters. The van der Waals surface area contributed by atoms with Gasteiger partial charge in [-0.25, -0.2) is 0 Å². The molecular weight excluding hydrogens is 313 g/mol. The summed E-state index contributed by atoms with van der Waals surface area (Å²) in [5, 5.41) is 5.67. The van der Waals surface area contributed by atoms with Gasteiger partial charge in [0, 0.05) is 10.8 Å². The van der Waals surface area contributed by atoms with Gasteiger partial charge in [-0.1, -0.05) is 32.0 Å². The average Bonchev–Trinajstić information content (AvgIpc) is 3.15. The Labute approximate surface area is 149 Å². The van der Waals surface area contributed by atoms with Gasteiger partial charge in [-0.2, -0.15) is 0 Å². The zero-order valence-corrected chi connectivity index (χ0v) is 15.4. The van der Waals surface area contributed by atoms with Crippen LogP contribution in [0.4, 0.5) is 5.88 Å². The lowest BCUT2D eigenvalue weighted by atomic mass is 9.43. The van der Waals surface area contributed by atoms with Gasteiger partial charge in [0.05, 0.1) is 17.6 Å². The van der Waals surface area contributed by atoms with Crippen molar-refractivity contribution in [3.8, 4) is 0 Å². The van der Waals surface area contributed by atoms with Gasteiger partial charge in [-0.05, 0) is 50.0 Å². The summed E-state index contributed by atoms with van der Waals surface area (Å²) in [4.78, 5) is 0. The Balaban J connectivity index is 1.35. The lowest BCUT2D eigenvalue weighted by Crippen LogP contribution is -2.65. The first-order valence-electron chi connectivity index (χ1n) is 9.45.